The molecule has 0 saturated heterocycles. The lowest BCUT2D eigenvalue weighted by molar-refractivity contribution is -0.139. The Morgan fingerprint density at radius 3 is 2.33 bits per heavy atom. The number of carbonyl (C=O) groups excluding carboxylic acids is 2. The Morgan fingerprint density at radius 2 is 1.80 bits per heavy atom. The molecule has 0 aromatic heterocycles. The molecule has 2 amide bonds. The standard InChI is InChI=1S/C20H23BrClN3O4S/c1-14(20(27)23-2)24(12-15-5-4-6-17(22)11-15)19(26)13-25(30(3,28)29)18-9-7-16(21)8-10-18/h4-11,14H,12-13H2,1-3H3,(H,23,27). The maximum absolute atomic E-state index is 13.2. The molecule has 1 atom stereocenters. The van der Waals surface area contributed by atoms with E-state index in [1.807, 2.05) is 0 Å². The number of benzene rings is 2. The highest BCUT2D eigenvalue weighted by Gasteiger charge is 2.29. The van der Waals surface area contributed by atoms with Gasteiger partial charge in [-0.15, -0.1) is 0 Å². The van der Waals surface area contributed by atoms with Gasteiger partial charge in [-0.25, -0.2) is 8.42 Å². The van der Waals surface area contributed by atoms with Crippen molar-refractivity contribution in [2.45, 2.75) is 19.5 Å². The molecule has 0 aliphatic rings. The largest absolute Gasteiger partial charge is 0.357 e. The summed E-state index contributed by atoms with van der Waals surface area (Å²) in [7, 11) is -2.26. The zero-order valence-electron chi connectivity index (χ0n) is 16.8. The predicted molar refractivity (Wildman–Crippen MR) is 122 cm³/mol. The number of amides is 2. The summed E-state index contributed by atoms with van der Waals surface area (Å²) in [6.45, 7) is 1.25. The van der Waals surface area contributed by atoms with Crippen molar-refractivity contribution in [1.82, 2.24) is 10.2 Å². The summed E-state index contributed by atoms with van der Waals surface area (Å²) in [5.41, 5.74) is 1.07. The van der Waals surface area contributed by atoms with E-state index in [2.05, 4.69) is 21.2 Å². The highest BCUT2D eigenvalue weighted by atomic mass is 79.9. The first-order chi connectivity index (χ1) is 14.0. The Balaban J connectivity index is 2.36. The predicted octanol–water partition coefficient (Wildman–Crippen LogP) is 3.03. The van der Waals surface area contributed by atoms with E-state index in [1.165, 1.54) is 11.9 Å². The van der Waals surface area contributed by atoms with Gasteiger partial charge in [0.1, 0.15) is 12.6 Å². The van der Waals surface area contributed by atoms with E-state index in [1.54, 1.807) is 55.5 Å². The number of nitrogens with one attached hydrogen (secondary N) is 1. The van der Waals surface area contributed by atoms with Crippen molar-refractivity contribution in [1.29, 1.82) is 0 Å². The summed E-state index contributed by atoms with van der Waals surface area (Å²) >= 11 is 9.35. The Kier molecular flexibility index (Phi) is 8.28. The van der Waals surface area contributed by atoms with Crippen molar-refractivity contribution < 1.29 is 18.0 Å². The number of hydrogen-bond acceptors (Lipinski definition) is 4. The molecule has 0 aliphatic carbocycles. The maximum atomic E-state index is 13.2. The number of nitrogens with zero attached hydrogens (tertiary/aromatic N) is 2. The zero-order valence-corrected chi connectivity index (χ0v) is 20.0. The lowest BCUT2D eigenvalue weighted by Crippen LogP contribution is -2.50. The number of carbonyl (C=O) groups is 2. The number of anilines is 1. The average Bonchev–Trinajstić information content (AvgIpc) is 2.69. The minimum atomic E-state index is -3.74. The van der Waals surface area contributed by atoms with Gasteiger partial charge in [0.05, 0.1) is 11.9 Å². The molecule has 0 radical (unpaired) electrons. The quantitative estimate of drug-likeness (QED) is 0.584. The SMILES string of the molecule is CNC(=O)C(C)N(Cc1cccc(Cl)c1)C(=O)CN(c1ccc(Br)cc1)S(C)(=O)=O. The monoisotopic (exact) mass is 515 g/mol. The third kappa shape index (κ3) is 6.45. The fraction of sp³-hybridized carbons (Fsp3) is 0.300. The van der Waals surface area contributed by atoms with E-state index in [0.29, 0.717) is 10.7 Å². The summed E-state index contributed by atoms with van der Waals surface area (Å²) in [6.07, 6.45) is 1.03. The van der Waals surface area contributed by atoms with Gasteiger partial charge in [-0.05, 0) is 48.9 Å². The first kappa shape index (κ1) is 24.2. The number of likely N-dealkylation sites (N-methyl/N-ethyl adjacent to an activating group) is 1. The fourth-order valence-electron chi connectivity index (χ4n) is 2.84. The molecule has 1 unspecified atom stereocenters. The molecule has 0 saturated carbocycles. The van der Waals surface area contributed by atoms with Crippen LogP contribution in [0.3, 0.4) is 0 Å². The summed E-state index contributed by atoms with van der Waals surface area (Å²) in [6, 6.07) is 12.7. The summed E-state index contributed by atoms with van der Waals surface area (Å²) in [5, 5.41) is 3.02. The van der Waals surface area contributed by atoms with Crippen LogP contribution >= 0.6 is 27.5 Å². The molecule has 0 bridgehead atoms. The van der Waals surface area contributed by atoms with Crippen LogP contribution in [0.25, 0.3) is 0 Å². The van der Waals surface area contributed by atoms with Crippen molar-refractivity contribution in [2.75, 3.05) is 24.2 Å². The molecule has 0 fully saturated rings. The second kappa shape index (κ2) is 10.3. The molecule has 30 heavy (non-hydrogen) atoms. The Labute approximate surface area is 190 Å². The summed E-state index contributed by atoms with van der Waals surface area (Å²) < 4.78 is 26.6. The Bertz CT molecular complexity index is 1010. The van der Waals surface area contributed by atoms with E-state index < -0.39 is 28.5 Å². The molecule has 7 nitrogen and oxygen atoms in total. The third-order valence-electron chi connectivity index (χ3n) is 4.45. The molecule has 162 valence electrons. The molecule has 10 heteroatoms. The fourth-order valence-corrected chi connectivity index (χ4v) is 4.17. The molecule has 2 aromatic rings. The van der Waals surface area contributed by atoms with E-state index in [-0.39, 0.29) is 12.5 Å². The van der Waals surface area contributed by atoms with Gasteiger partial charge >= 0.3 is 0 Å². The van der Waals surface area contributed by atoms with Crippen LogP contribution < -0.4 is 9.62 Å². The zero-order chi connectivity index (χ0) is 22.5. The van der Waals surface area contributed by atoms with Crippen LogP contribution in [0.15, 0.2) is 53.0 Å². The van der Waals surface area contributed by atoms with Gasteiger partial charge in [-0.3, -0.25) is 13.9 Å². The summed E-state index contributed by atoms with van der Waals surface area (Å²) in [5.74, 6) is -0.876. The lowest BCUT2D eigenvalue weighted by Gasteiger charge is -2.31. The molecule has 2 rings (SSSR count). The van der Waals surface area contributed by atoms with Gasteiger partial charge in [-0.2, -0.15) is 0 Å². The molecular formula is C20H23BrClN3O4S. The normalized spacial score (nSPS) is 12.2. The number of sulfonamides is 1. The van der Waals surface area contributed by atoms with Crippen molar-refractivity contribution in [3.05, 3.63) is 63.6 Å². The molecule has 0 heterocycles. The second-order valence-electron chi connectivity index (χ2n) is 6.69. The van der Waals surface area contributed by atoms with E-state index >= 15 is 0 Å². The number of rotatable bonds is 8. The second-order valence-corrected chi connectivity index (χ2v) is 9.95. The van der Waals surface area contributed by atoms with Crippen LogP contribution in [0.2, 0.25) is 5.02 Å². The van der Waals surface area contributed by atoms with E-state index in [9.17, 15) is 18.0 Å². The van der Waals surface area contributed by atoms with Crippen molar-refractivity contribution in [3.63, 3.8) is 0 Å². The first-order valence-corrected chi connectivity index (χ1v) is 12.0. The highest BCUT2D eigenvalue weighted by Crippen LogP contribution is 2.22. The van der Waals surface area contributed by atoms with Crippen LogP contribution in [-0.4, -0.2) is 51.0 Å². The third-order valence-corrected chi connectivity index (χ3v) is 6.35. The number of halogens is 2. The van der Waals surface area contributed by atoms with Gasteiger partial charge in [0.25, 0.3) is 0 Å². The Hall–Kier alpha value is -2.10. The lowest BCUT2D eigenvalue weighted by atomic mass is 10.1. The van der Waals surface area contributed by atoms with Crippen LogP contribution in [0.5, 0.6) is 0 Å². The average molecular weight is 517 g/mol. The van der Waals surface area contributed by atoms with Gasteiger partial charge < -0.3 is 10.2 Å². The van der Waals surface area contributed by atoms with Gasteiger partial charge in [0.2, 0.25) is 21.8 Å². The first-order valence-electron chi connectivity index (χ1n) is 9.01. The van der Waals surface area contributed by atoms with E-state index in [4.69, 9.17) is 11.6 Å². The molecule has 2 aromatic carbocycles. The smallest absolute Gasteiger partial charge is 0.244 e. The van der Waals surface area contributed by atoms with Gasteiger partial charge in [0, 0.05) is 23.1 Å². The maximum Gasteiger partial charge on any atom is 0.244 e. The summed E-state index contributed by atoms with van der Waals surface area (Å²) in [4.78, 5) is 26.8. The minimum absolute atomic E-state index is 0.103. The van der Waals surface area contributed by atoms with Crippen LogP contribution in [0.1, 0.15) is 12.5 Å². The highest BCUT2D eigenvalue weighted by molar-refractivity contribution is 9.10. The topological polar surface area (TPSA) is 86.8 Å². The van der Waals surface area contributed by atoms with Crippen LogP contribution in [-0.2, 0) is 26.2 Å². The van der Waals surface area contributed by atoms with E-state index in [0.717, 1.165) is 20.6 Å². The molecule has 1 N–H and O–H groups in total. The van der Waals surface area contributed by atoms with Gasteiger partial charge in [0.15, 0.2) is 0 Å². The van der Waals surface area contributed by atoms with Crippen LogP contribution in [0, 0.1) is 0 Å². The van der Waals surface area contributed by atoms with Crippen LogP contribution in [0.4, 0.5) is 5.69 Å². The van der Waals surface area contributed by atoms with Crippen molar-refractivity contribution in [3.8, 4) is 0 Å². The molecule has 0 aliphatic heterocycles. The van der Waals surface area contributed by atoms with Crippen molar-refractivity contribution in [2.24, 2.45) is 0 Å². The number of hydrogen-bond donors (Lipinski definition) is 1. The minimum Gasteiger partial charge on any atom is -0.357 e. The molecule has 0 spiro atoms. The molecular weight excluding hydrogens is 494 g/mol. The van der Waals surface area contributed by atoms with Gasteiger partial charge in [-0.1, -0.05) is 39.7 Å². The Morgan fingerprint density at radius 1 is 1.17 bits per heavy atom. The van der Waals surface area contributed by atoms with Crippen molar-refractivity contribution >= 4 is 55.1 Å².